The van der Waals surface area contributed by atoms with E-state index in [0.717, 1.165) is 28.4 Å². The lowest BCUT2D eigenvalue weighted by molar-refractivity contribution is 0.850. The largest absolute Gasteiger partial charge is 0.318 e. The summed E-state index contributed by atoms with van der Waals surface area (Å²) in [4.78, 5) is 7.29. The Morgan fingerprint density at radius 3 is 2.67 bits per heavy atom. The number of aromatic nitrogens is 2. The standard InChI is InChI=1S/C16H11ClN2S2/c17-11-5-6-14-13(9-11)18-16(15-4-2-8-21-15)19(14)10-12-3-1-7-20-12/h1-9H,10H2. The highest BCUT2D eigenvalue weighted by Crippen LogP contribution is 2.30. The summed E-state index contributed by atoms with van der Waals surface area (Å²) in [5, 5.41) is 4.91. The number of hydrogen-bond donors (Lipinski definition) is 0. The third-order valence-corrected chi connectivity index (χ3v) is 5.31. The molecule has 0 fully saturated rings. The molecule has 0 spiro atoms. The van der Waals surface area contributed by atoms with Crippen molar-refractivity contribution < 1.29 is 0 Å². The Kier molecular flexibility index (Phi) is 3.30. The van der Waals surface area contributed by atoms with Crippen LogP contribution in [-0.2, 0) is 6.54 Å². The molecule has 21 heavy (non-hydrogen) atoms. The van der Waals surface area contributed by atoms with Gasteiger partial charge in [0.25, 0.3) is 0 Å². The second kappa shape index (κ2) is 5.30. The Morgan fingerprint density at radius 1 is 1.05 bits per heavy atom. The minimum absolute atomic E-state index is 0.723. The van der Waals surface area contributed by atoms with Crippen LogP contribution in [0, 0.1) is 0 Å². The van der Waals surface area contributed by atoms with Gasteiger partial charge in [-0.1, -0.05) is 23.7 Å². The van der Waals surface area contributed by atoms with Crippen molar-refractivity contribution in [3.63, 3.8) is 0 Å². The second-order valence-corrected chi connectivity index (χ2v) is 7.13. The predicted molar refractivity (Wildman–Crippen MR) is 91.5 cm³/mol. The van der Waals surface area contributed by atoms with Gasteiger partial charge in [-0.15, -0.1) is 22.7 Å². The Balaban J connectivity index is 1.94. The maximum absolute atomic E-state index is 6.10. The first-order valence-electron chi connectivity index (χ1n) is 6.53. The van der Waals surface area contributed by atoms with Crippen molar-refractivity contribution in [2.45, 2.75) is 6.54 Å². The molecule has 0 amide bonds. The quantitative estimate of drug-likeness (QED) is 0.483. The van der Waals surface area contributed by atoms with Crippen molar-refractivity contribution in [2.75, 3.05) is 0 Å². The van der Waals surface area contributed by atoms with Crippen molar-refractivity contribution in [3.8, 4) is 10.7 Å². The summed E-state index contributed by atoms with van der Waals surface area (Å²) in [5.41, 5.74) is 2.07. The predicted octanol–water partition coefficient (Wildman–Crippen LogP) is 5.53. The highest BCUT2D eigenvalue weighted by molar-refractivity contribution is 7.13. The van der Waals surface area contributed by atoms with Gasteiger partial charge >= 0.3 is 0 Å². The van der Waals surface area contributed by atoms with E-state index in [1.165, 1.54) is 9.75 Å². The van der Waals surface area contributed by atoms with Gasteiger partial charge in [0, 0.05) is 9.90 Å². The summed E-state index contributed by atoms with van der Waals surface area (Å²) >= 11 is 9.58. The van der Waals surface area contributed by atoms with Gasteiger partial charge in [-0.2, -0.15) is 0 Å². The lowest BCUT2D eigenvalue weighted by Gasteiger charge is -2.06. The summed E-state index contributed by atoms with van der Waals surface area (Å²) in [5.74, 6) is 1.01. The van der Waals surface area contributed by atoms with E-state index < -0.39 is 0 Å². The average molecular weight is 331 g/mol. The maximum atomic E-state index is 6.10. The topological polar surface area (TPSA) is 17.8 Å². The van der Waals surface area contributed by atoms with Crippen LogP contribution in [0.5, 0.6) is 0 Å². The first kappa shape index (κ1) is 13.1. The zero-order chi connectivity index (χ0) is 14.2. The number of halogens is 1. The summed E-state index contributed by atoms with van der Waals surface area (Å²) in [6, 6.07) is 14.3. The minimum atomic E-state index is 0.723. The van der Waals surface area contributed by atoms with Gasteiger partial charge in [0.05, 0.1) is 22.5 Å². The number of imidazole rings is 1. The molecule has 0 radical (unpaired) electrons. The zero-order valence-corrected chi connectivity index (χ0v) is 13.4. The molecule has 0 saturated carbocycles. The van der Waals surface area contributed by atoms with Gasteiger partial charge in [0.2, 0.25) is 0 Å². The van der Waals surface area contributed by atoms with Crippen LogP contribution in [0.4, 0.5) is 0 Å². The third kappa shape index (κ3) is 2.39. The zero-order valence-electron chi connectivity index (χ0n) is 11.0. The minimum Gasteiger partial charge on any atom is -0.318 e. The molecule has 0 aliphatic carbocycles. The number of rotatable bonds is 3. The monoisotopic (exact) mass is 330 g/mol. The van der Waals surface area contributed by atoms with Gasteiger partial charge in [-0.05, 0) is 41.1 Å². The van der Waals surface area contributed by atoms with E-state index in [1.54, 1.807) is 22.7 Å². The summed E-state index contributed by atoms with van der Waals surface area (Å²) in [6.07, 6.45) is 0. The molecule has 4 aromatic rings. The van der Waals surface area contributed by atoms with Crippen LogP contribution in [0.1, 0.15) is 4.88 Å². The highest BCUT2D eigenvalue weighted by atomic mass is 35.5. The normalized spacial score (nSPS) is 11.3. The molecule has 0 N–H and O–H groups in total. The Labute approximate surface area is 135 Å². The van der Waals surface area contributed by atoms with Gasteiger partial charge in [0.15, 0.2) is 5.82 Å². The van der Waals surface area contributed by atoms with Crippen LogP contribution in [0.25, 0.3) is 21.7 Å². The lowest BCUT2D eigenvalue weighted by Crippen LogP contribution is -1.99. The van der Waals surface area contributed by atoms with Crippen LogP contribution in [0.2, 0.25) is 5.02 Å². The molecule has 3 aromatic heterocycles. The van der Waals surface area contributed by atoms with Crippen LogP contribution >= 0.6 is 34.3 Å². The number of fused-ring (bicyclic) bond motifs is 1. The molecule has 0 unspecified atom stereocenters. The number of thiophene rings is 2. The van der Waals surface area contributed by atoms with Crippen molar-refractivity contribution in [1.82, 2.24) is 9.55 Å². The summed E-state index contributed by atoms with van der Waals surface area (Å²) in [6.45, 7) is 0.836. The smallest absolute Gasteiger partial charge is 0.151 e. The fourth-order valence-corrected chi connectivity index (χ4v) is 4.00. The second-order valence-electron chi connectivity index (χ2n) is 4.71. The highest BCUT2D eigenvalue weighted by Gasteiger charge is 2.14. The molecule has 104 valence electrons. The fourth-order valence-electron chi connectivity index (χ4n) is 2.42. The lowest BCUT2D eigenvalue weighted by atomic mass is 10.3. The first-order valence-corrected chi connectivity index (χ1v) is 8.67. The van der Waals surface area contributed by atoms with E-state index in [4.69, 9.17) is 16.6 Å². The van der Waals surface area contributed by atoms with E-state index in [0.29, 0.717) is 0 Å². The van der Waals surface area contributed by atoms with Crippen LogP contribution < -0.4 is 0 Å². The SMILES string of the molecule is Clc1ccc2c(c1)nc(-c1cccs1)n2Cc1cccs1. The van der Waals surface area contributed by atoms with E-state index in [2.05, 4.69) is 45.7 Å². The molecule has 0 saturated heterocycles. The van der Waals surface area contributed by atoms with E-state index in [1.807, 2.05) is 12.1 Å². The van der Waals surface area contributed by atoms with Crippen molar-refractivity contribution in [1.29, 1.82) is 0 Å². The number of benzene rings is 1. The molecule has 0 aliphatic heterocycles. The Morgan fingerprint density at radius 2 is 1.90 bits per heavy atom. The Hall–Kier alpha value is -1.62. The van der Waals surface area contributed by atoms with Gasteiger partial charge in [0.1, 0.15) is 0 Å². The van der Waals surface area contributed by atoms with Crippen molar-refractivity contribution in [2.24, 2.45) is 0 Å². The molecular formula is C16H11ClN2S2. The van der Waals surface area contributed by atoms with Crippen LogP contribution in [-0.4, -0.2) is 9.55 Å². The third-order valence-electron chi connectivity index (χ3n) is 3.35. The molecule has 0 aliphatic rings. The van der Waals surface area contributed by atoms with Crippen LogP contribution in [0.15, 0.2) is 53.2 Å². The van der Waals surface area contributed by atoms with Crippen LogP contribution in [0.3, 0.4) is 0 Å². The average Bonchev–Trinajstić information content (AvgIpc) is 3.19. The van der Waals surface area contributed by atoms with Gasteiger partial charge in [-0.25, -0.2) is 4.98 Å². The molecule has 0 bridgehead atoms. The Bertz CT molecular complexity index is 877. The molecule has 2 nitrogen and oxygen atoms in total. The number of nitrogens with zero attached hydrogens (tertiary/aromatic N) is 2. The maximum Gasteiger partial charge on any atom is 0.151 e. The molecular weight excluding hydrogens is 320 g/mol. The number of hydrogen-bond acceptors (Lipinski definition) is 3. The van der Waals surface area contributed by atoms with E-state index >= 15 is 0 Å². The van der Waals surface area contributed by atoms with E-state index in [-0.39, 0.29) is 0 Å². The summed E-state index contributed by atoms with van der Waals surface area (Å²) < 4.78 is 2.27. The van der Waals surface area contributed by atoms with Gasteiger partial charge < -0.3 is 4.57 Å². The molecule has 4 rings (SSSR count). The van der Waals surface area contributed by atoms with E-state index in [9.17, 15) is 0 Å². The summed E-state index contributed by atoms with van der Waals surface area (Å²) in [7, 11) is 0. The van der Waals surface area contributed by atoms with Crippen molar-refractivity contribution >= 4 is 45.3 Å². The molecule has 3 heterocycles. The van der Waals surface area contributed by atoms with Gasteiger partial charge in [-0.3, -0.25) is 0 Å². The van der Waals surface area contributed by atoms with Crippen molar-refractivity contribution in [3.05, 3.63) is 63.1 Å². The fraction of sp³-hybridized carbons (Fsp3) is 0.0625. The first-order chi connectivity index (χ1) is 10.3. The molecule has 0 atom stereocenters. The molecule has 5 heteroatoms. The molecule has 1 aromatic carbocycles.